The van der Waals surface area contributed by atoms with E-state index in [0.717, 1.165) is 20.9 Å². The van der Waals surface area contributed by atoms with Crippen LogP contribution in [-0.4, -0.2) is 26.7 Å². The van der Waals surface area contributed by atoms with Crippen molar-refractivity contribution in [2.24, 2.45) is 11.8 Å². The first-order valence-electron chi connectivity index (χ1n) is 12.3. The fourth-order valence-electron chi connectivity index (χ4n) is 5.79. The van der Waals surface area contributed by atoms with Crippen molar-refractivity contribution >= 4 is 52.0 Å². The predicted molar refractivity (Wildman–Crippen MR) is 159 cm³/mol. The van der Waals surface area contributed by atoms with Crippen LogP contribution in [0.4, 0.5) is 0 Å². The SMILES string of the molecule is CC1(C)N([O-])C(C2=CC3=CC=C4C=C(C5=CSC(c6scc[s+]6)S5)C=C5C=CC(=C2)C3C45)=[N+]([O-])C1(C)C. The lowest BCUT2D eigenvalue weighted by Gasteiger charge is -2.41. The molecule has 7 rings (SSSR count). The van der Waals surface area contributed by atoms with E-state index in [1.165, 1.54) is 25.8 Å². The van der Waals surface area contributed by atoms with Crippen molar-refractivity contribution in [3.63, 3.8) is 0 Å². The van der Waals surface area contributed by atoms with Gasteiger partial charge in [0.2, 0.25) is 0 Å². The Morgan fingerprint density at radius 2 is 1.57 bits per heavy atom. The molecule has 3 unspecified atom stereocenters. The zero-order valence-corrected chi connectivity index (χ0v) is 24.2. The lowest BCUT2D eigenvalue weighted by molar-refractivity contribution is -0.539. The minimum Gasteiger partial charge on any atom is -0.715 e. The molecule has 3 atom stereocenters. The highest BCUT2D eigenvalue weighted by Gasteiger charge is 2.55. The van der Waals surface area contributed by atoms with Crippen LogP contribution in [0.15, 0.2) is 103 Å². The average Bonchev–Trinajstić information content (AvgIpc) is 3.61. The van der Waals surface area contributed by atoms with Gasteiger partial charge in [-0.05, 0) is 85.3 Å². The third kappa shape index (κ3) is 3.39. The lowest BCUT2D eigenvalue weighted by Crippen LogP contribution is -2.52. The summed E-state index contributed by atoms with van der Waals surface area (Å²) < 4.78 is 2.81. The molecule has 2 aliphatic heterocycles. The summed E-state index contributed by atoms with van der Waals surface area (Å²) in [5.41, 5.74) is 5.31. The Labute approximate surface area is 233 Å². The maximum absolute atomic E-state index is 13.3. The molecule has 8 heteroatoms. The Balaban J connectivity index is 1.25. The number of allylic oxidation sites excluding steroid dienone is 12. The quantitative estimate of drug-likeness (QED) is 0.212. The van der Waals surface area contributed by atoms with E-state index < -0.39 is 11.1 Å². The molecule has 6 aliphatic rings. The zero-order chi connectivity index (χ0) is 25.7. The topological polar surface area (TPSA) is 52.4 Å². The van der Waals surface area contributed by atoms with Gasteiger partial charge in [0, 0.05) is 16.7 Å². The molecule has 0 radical (unpaired) electrons. The highest BCUT2D eigenvalue weighted by Crippen LogP contribution is 2.57. The van der Waals surface area contributed by atoms with Gasteiger partial charge in [-0.15, -0.1) is 11.8 Å². The Bertz CT molecular complexity index is 1510. The Morgan fingerprint density at radius 3 is 2.16 bits per heavy atom. The average molecular weight is 563 g/mol. The molecule has 0 fully saturated rings. The van der Waals surface area contributed by atoms with Gasteiger partial charge in [-0.25, -0.2) is 0 Å². The summed E-state index contributed by atoms with van der Waals surface area (Å²) in [7, 11) is 0. The van der Waals surface area contributed by atoms with Gasteiger partial charge in [0.25, 0.3) is 10.0 Å². The first kappa shape index (κ1) is 24.0. The molecular formula is C29H26N2O2S4. The zero-order valence-electron chi connectivity index (χ0n) is 20.9. The third-order valence-corrected chi connectivity index (χ3v) is 14.1. The van der Waals surface area contributed by atoms with Crippen molar-refractivity contribution in [1.82, 2.24) is 5.06 Å². The standard InChI is InChI=1S/C29H26N2O2S4/c1-28(2)29(3,4)31(33)25(30(28)32)21-13-18-7-5-16-11-20(12-17-6-8-19(14-21)24(18)23(16)17)22-15-36-27(37-22)26-34-9-10-35-26/h5-15,23-24,27H,1-4H3. The van der Waals surface area contributed by atoms with Crippen LogP contribution in [0.25, 0.3) is 0 Å². The molecular weight excluding hydrogens is 537 g/mol. The van der Waals surface area contributed by atoms with E-state index in [1.54, 1.807) is 0 Å². The van der Waals surface area contributed by atoms with E-state index >= 15 is 0 Å². The summed E-state index contributed by atoms with van der Waals surface area (Å²) in [6.45, 7) is 7.37. The van der Waals surface area contributed by atoms with Crippen LogP contribution in [0.2, 0.25) is 0 Å². The van der Waals surface area contributed by atoms with Gasteiger partial charge in [0.05, 0.1) is 28.2 Å². The number of hydroxylamine groups is 3. The molecule has 3 heterocycles. The van der Waals surface area contributed by atoms with E-state index in [2.05, 4.69) is 64.8 Å². The maximum Gasteiger partial charge on any atom is 0.279 e. The van der Waals surface area contributed by atoms with Gasteiger partial charge in [-0.3, -0.25) is 9.80 Å². The van der Waals surface area contributed by atoms with Gasteiger partial charge >= 0.3 is 0 Å². The van der Waals surface area contributed by atoms with E-state index in [0.29, 0.717) is 10.2 Å². The number of nitrogens with zero attached hydrogens (tertiary/aromatic N) is 2. The first-order valence-corrected chi connectivity index (χ1v) is 15.9. The molecule has 1 aromatic heterocycles. The smallest absolute Gasteiger partial charge is 0.279 e. The summed E-state index contributed by atoms with van der Waals surface area (Å²) in [5.74, 6) is 0.684. The molecule has 0 saturated carbocycles. The molecule has 0 amide bonds. The number of thioether (sulfide) groups is 2. The van der Waals surface area contributed by atoms with Crippen molar-refractivity contribution in [2.75, 3.05) is 0 Å². The van der Waals surface area contributed by atoms with Gasteiger partial charge in [-0.1, -0.05) is 36.1 Å². The fraction of sp³-hybridized carbons (Fsp3) is 0.310. The molecule has 4 nitrogen and oxygen atoms in total. The molecule has 0 spiro atoms. The van der Waals surface area contributed by atoms with E-state index in [-0.39, 0.29) is 17.7 Å². The van der Waals surface area contributed by atoms with Crippen LogP contribution in [0, 0.1) is 22.3 Å². The number of rotatable bonds is 3. The first-order chi connectivity index (χ1) is 17.7. The second-order valence-electron chi connectivity index (χ2n) is 11.0. The van der Waals surface area contributed by atoms with Crippen molar-refractivity contribution < 1.29 is 4.74 Å². The Kier molecular flexibility index (Phi) is 5.31. The molecule has 37 heavy (non-hydrogen) atoms. The molecule has 0 bridgehead atoms. The second-order valence-corrected chi connectivity index (χ2v) is 15.6. The Hall–Kier alpha value is -2.10. The summed E-state index contributed by atoms with van der Waals surface area (Å²) in [6.07, 6.45) is 17.6. The van der Waals surface area contributed by atoms with Crippen LogP contribution in [0.5, 0.6) is 0 Å². The molecule has 1 aromatic rings. The summed E-state index contributed by atoms with van der Waals surface area (Å²) in [6, 6.07) is 0. The molecule has 4 aliphatic carbocycles. The van der Waals surface area contributed by atoms with Gasteiger partial charge in [0.1, 0.15) is 26.4 Å². The molecule has 188 valence electrons. The van der Waals surface area contributed by atoms with E-state index in [1.807, 2.05) is 73.9 Å². The highest BCUT2D eigenvalue weighted by atomic mass is 32.2. The van der Waals surface area contributed by atoms with Crippen molar-refractivity contribution in [3.05, 3.63) is 118 Å². The fourth-order valence-corrected chi connectivity index (χ4v) is 10.7. The normalized spacial score (nSPS) is 30.7. The third-order valence-electron chi connectivity index (χ3n) is 8.58. The van der Waals surface area contributed by atoms with Crippen LogP contribution >= 0.6 is 46.2 Å². The molecule has 0 saturated heterocycles. The maximum atomic E-state index is 13.3. The number of hydrogen-bond acceptors (Lipinski definition) is 6. The highest BCUT2D eigenvalue weighted by molar-refractivity contribution is 8.22. The Morgan fingerprint density at radius 1 is 0.919 bits per heavy atom. The minimum absolute atomic E-state index is 0.209. The van der Waals surface area contributed by atoms with Crippen molar-refractivity contribution in [3.8, 4) is 0 Å². The lowest BCUT2D eigenvalue weighted by atomic mass is 9.63. The second kappa shape index (κ2) is 8.20. The van der Waals surface area contributed by atoms with Gasteiger partial charge in [-0.2, -0.15) is 0 Å². The predicted octanol–water partition coefficient (Wildman–Crippen LogP) is 8.09. The van der Waals surface area contributed by atoms with Crippen LogP contribution in [0.3, 0.4) is 0 Å². The van der Waals surface area contributed by atoms with Crippen LogP contribution in [-0.2, 0) is 0 Å². The monoisotopic (exact) mass is 562 g/mol. The van der Waals surface area contributed by atoms with Crippen molar-refractivity contribution in [2.45, 2.75) is 43.4 Å². The summed E-state index contributed by atoms with van der Waals surface area (Å²) >= 11 is 7.53. The van der Waals surface area contributed by atoms with Gasteiger partial charge in [0.15, 0.2) is 0 Å². The summed E-state index contributed by atoms with van der Waals surface area (Å²) in [4.78, 5) is 1.34. The van der Waals surface area contributed by atoms with Crippen LogP contribution in [0.1, 0.15) is 36.5 Å². The number of hydrogen-bond donors (Lipinski definition) is 0. The number of amidine groups is 1. The van der Waals surface area contributed by atoms with Crippen LogP contribution < -0.4 is 0 Å². The van der Waals surface area contributed by atoms with E-state index in [4.69, 9.17) is 0 Å². The molecule has 0 N–H and O–H groups in total. The van der Waals surface area contributed by atoms with Crippen molar-refractivity contribution in [1.29, 1.82) is 0 Å². The minimum atomic E-state index is -0.828. The van der Waals surface area contributed by atoms with E-state index in [9.17, 15) is 10.4 Å². The summed E-state index contributed by atoms with van der Waals surface area (Å²) in [5, 5.41) is 34.2. The van der Waals surface area contributed by atoms with Gasteiger partial charge < -0.3 is 10.4 Å². The molecule has 0 aromatic carbocycles. The largest absolute Gasteiger partial charge is 0.715 e.